The van der Waals surface area contributed by atoms with Crippen LogP contribution in [0.2, 0.25) is 0 Å². The van der Waals surface area contributed by atoms with Gasteiger partial charge in [0.25, 0.3) is 5.91 Å². The number of amides is 1. The minimum Gasteiger partial charge on any atom is -0.493 e. The van der Waals surface area contributed by atoms with Gasteiger partial charge in [0.05, 0.1) is 39.2 Å². The van der Waals surface area contributed by atoms with Crippen molar-refractivity contribution in [2.75, 3.05) is 65.6 Å². The quantitative estimate of drug-likeness (QED) is 0.454. The first-order valence-corrected chi connectivity index (χ1v) is 11.3. The summed E-state index contributed by atoms with van der Waals surface area (Å²) in [4.78, 5) is 22.0. The summed E-state index contributed by atoms with van der Waals surface area (Å²) in [6, 6.07) is 8.02. The molecule has 0 unspecified atom stereocenters. The average molecular weight is 512 g/mol. The Bertz CT molecular complexity index is 1110. The zero-order valence-electron chi connectivity index (χ0n) is 19.2. The monoisotopic (exact) mass is 511 g/mol. The number of carbonyl (C=O) groups is 1. The summed E-state index contributed by atoms with van der Waals surface area (Å²) in [5.74, 6) is 0.455. The summed E-state index contributed by atoms with van der Waals surface area (Å²) in [5, 5.41) is 0.433. The van der Waals surface area contributed by atoms with Crippen molar-refractivity contribution in [1.29, 1.82) is 0 Å². The van der Waals surface area contributed by atoms with Gasteiger partial charge in [0, 0.05) is 31.7 Å². The Hall–Kier alpha value is -2.66. The molecule has 1 saturated heterocycles. The molecule has 1 aliphatic heterocycles. The number of halogens is 2. The van der Waals surface area contributed by atoms with E-state index in [1.54, 1.807) is 29.2 Å². The fourth-order valence-electron chi connectivity index (χ4n) is 3.73. The van der Waals surface area contributed by atoms with E-state index in [1.807, 2.05) is 0 Å². The lowest BCUT2D eigenvalue weighted by Gasteiger charge is -2.29. The van der Waals surface area contributed by atoms with Gasteiger partial charge in [-0.25, -0.2) is 9.37 Å². The molecule has 0 spiro atoms. The van der Waals surface area contributed by atoms with Crippen molar-refractivity contribution in [2.24, 2.45) is 0 Å². The summed E-state index contributed by atoms with van der Waals surface area (Å²) in [5.41, 5.74) is 0.609. The Kier molecular flexibility index (Phi) is 8.90. The van der Waals surface area contributed by atoms with Crippen molar-refractivity contribution in [3.8, 4) is 17.2 Å². The Morgan fingerprint density at radius 1 is 1.15 bits per heavy atom. The van der Waals surface area contributed by atoms with E-state index in [-0.39, 0.29) is 23.8 Å². The maximum atomic E-state index is 14.3. The number of para-hydroxylation sites is 1. The molecule has 2 aromatic carbocycles. The molecule has 1 fully saturated rings. The molecule has 0 bridgehead atoms. The summed E-state index contributed by atoms with van der Waals surface area (Å²) in [7, 11) is 4.50. The molecular weight excluding hydrogens is 485 g/mol. The number of anilines is 1. The zero-order chi connectivity index (χ0) is 23.4. The lowest BCUT2D eigenvalue weighted by molar-refractivity contribution is 0.0391. The number of nitrogens with zero attached hydrogens (tertiary/aromatic N) is 3. The van der Waals surface area contributed by atoms with Crippen LogP contribution in [0.15, 0.2) is 30.3 Å². The van der Waals surface area contributed by atoms with Crippen molar-refractivity contribution < 1.29 is 28.1 Å². The predicted octanol–water partition coefficient (Wildman–Crippen LogP) is 3.86. The van der Waals surface area contributed by atoms with Crippen LogP contribution in [0.1, 0.15) is 10.4 Å². The van der Waals surface area contributed by atoms with Crippen LogP contribution in [-0.2, 0) is 4.74 Å². The number of benzene rings is 2. The van der Waals surface area contributed by atoms with E-state index in [2.05, 4.69) is 9.88 Å². The molecule has 4 rings (SSSR count). The van der Waals surface area contributed by atoms with Crippen molar-refractivity contribution in [1.82, 2.24) is 9.88 Å². The SMILES string of the molecule is COc1cc(C(=O)N(CCN2CCOCC2)c2nc3c(F)cccc3s2)cc(OC)c1OC.Cl. The van der Waals surface area contributed by atoms with Crippen LogP contribution >= 0.6 is 23.7 Å². The van der Waals surface area contributed by atoms with Crippen LogP contribution in [0.25, 0.3) is 10.2 Å². The minimum atomic E-state index is -0.414. The van der Waals surface area contributed by atoms with Crippen LogP contribution in [0.5, 0.6) is 17.2 Å². The van der Waals surface area contributed by atoms with Crippen LogP contribution in [0.4, 0.5) is 9.52 Å². The topological polar surface area (TPSA) is 73.4 Å². The minimum absolute atomic E-state index is 0. The number of rotatable bonds is 8. The van der Waals surface area contributed by atoms with Crippen molar-refractivity contribution in [3.63, 3.8) is 0 Å². The Labute approximate surface area is 207 Å². The third-order valence-electron chi connectivity index (χ3n) is 5.49. The fraction of sp³-hybridized carbons (Fsp3) is 0.391. The number of methoxy groups -OCH3 is 3. The van der Waals surface area contributed by atoms with Gasteiger partial charge in [-0.1, -0.05) is 17.4 Å². The van der Waals surface area contributed by atoms with E-state index >= 15 is 0 Å². The van der Waals surface area contributed by atoms with Gasteiger partial charge in [-0.3, -0.25) is 14.6 Å². The molecule has 0 radical (unpaired) electrons. The van der Waals surface area contributed by atoms with Crippen LogP contribution in [-0.4, -0.2) is 76.5 Å². The number of hydrogen-bond donors (Lipinski definition) is 0. The zero-order valence-corrected chi connectivity index (χ0v) is 20.8. The predicted molar refractivity (Wildman–Crippen MR) is 132 cm³/mol. The lowest BCUT2D eigenvalue weighted by Crippen LogP contribution is -2.43. The standard InChI is InChI=1S/C23H26FN3O5S.ClH/c1-29-17-13-15(14-18(30-2)21(17)31-3)22(28)27(8-7-26-9-11-32-12-10-26)23-25-20-16(24)5-4-6-19(20)33-23;/h4-6,13-14H,7-12H2,1-3H3;1H. The van der Waals surface area contributed by atoms with E-state index in [0.29, 0.717) is 58.9 Å². The Balaban J connectivity index is 0.00000324. The first kappa shape index (κ1) is 26.0. The number of carbonyl (C=O) groups excluding carboxylic acids is 1. The van der Waals surface area contributed by atoms with Gasteiger partial charge in [-0.2, -0.15) is 0 Å². The van der Waals surface area contributed by atoms with Gasteiger partial charge in [0.1, 0.15) is 11.3 Å². The molecule has 1 aromatic heterocycles. The molecule has 2 heterocycles. The number of ether oxygens (including phenoxy) is 4. The van der Waals surface area contributed by atoms with E-state index in [0.717, 1.165) is 13.1 Å². The molecule has 0 N–H and O–H groups in total. The number of thiazole rings is 1. The highest BCUT2D eigenvalue weighted by Crippen LogP contribution is 2.39. The first-order valence-electron chi connectivity index (χ1n) is 10.5. The highest BCUT2D eigenvalue weighted by Gasteiger charge is 2.26. The molecule has 34 heavy (non-hydrogen) atoms. The number of fused-ring (bicyclic) bond motifs is 1. The number of aromatic nitrogens is 1. The second-order valence-electron chi connectivity index (χ2n) is 7.41. The molecule has 0 saturated carbocycles. The molecular formula is C23H27ClFN3O5S. The van der Waals surface area contributed by atoms with Gasteiger partial charge in [0.2, 0.25) is 5.75 Å². The van der Waals surface area contributed by atoms with Gasteiger partial charge in [-0.05, 0) is 24.3 Å². The molecule has 1 aliphatic rings. The number of hydrogen-bond acceptors (Lipinski definition) is 8. The molecule has 0 atom stereocenters. The molecule has 3 aromatic rings. The Morgan fingerprint density at radius 3 is 2.41 bits per heavy atom. The van der Waals surface area contributed by atoms with Crippen molar-refractivity contribution in [2.45, 2.75) is 0 Å². The summed E-state index contributed by atoms with van der Waals surface area (Å²) in [6.45, 7) is 3.93. The highest BCUT2D eigenvalue weighted by atomic mass is 35.5. The normalized spacial score (nSPS) is 13.9. The smallest absolute Gasteiger partial charge is 0.260 e. The van der Waals surface area contributed by atoms with Crippen molar-refractivity contribution >= 4 is 45.0 Å². The molecule has 8 nitrogen and oxygen atoms in total. The lowest BCUT2D eigenvalue weighted by atomic mass is 10.1. The highest BCUT2D eigenvalue weighted by molar-refractivity contribution is 7.22. The third-order valence-corrected chi connectivity index (χ3v) is 6.53. The van der Waals surface area contributed by atoms with Crippen LogP contribution < -0.4 is 19.1 Å². The molecule has 1 amide bonds. The first-order chi connectivity index (χ1) is 16.0. The molecule has 11 heteroatoms. The third kappa shape index (κ3) is 5.35. The van der Waals surface area contributed by atoms with E-state index in [4.69, 9.17) is 18.9 Å². The van der Waals surface area contributed by atoms with Gasteiger partial charge >= 0.3 is 0 Å². The average Bonchev–Trinajstić information content (AvgIpc) is 3.29. The Morgan fingerprint density at radius 2 is 1.82 bits per heavy atom. The summed E-state index contributed by atoms with van der Waals surface area (Å²) >= 11 is 1.28. The second-order valence-corrected chi connectivity index (χ2v) is 8.42. The maximum absolute atomic E-state index is 14.3. The van der Waals surface area contributed by atoms with E-state index in [9.17, 15) is 9.18 Å². The molecule has 184 valence electrons. The van der Waals surface area contributed by atoms with Gasteiger partial charge < -0.3 is 18.9 Å². The van der Waals surface area contributed by atoms with Crippen LogP contribution in [0.3, 0.4) is 0 Å². The summed E-state index contributed by atoms with van der Waals surface area (Å²) in [6.07, 6.45) is 0. The van der Waals surface area contributed by atoms with Crippen LogP contribution in [0, 0.1) is 5.82 Å². The second kappa shape index (κ2) is 11.7. The van der Waals surface area contributed by atoms with Gasteiger partial charge in [-0.15, -0.1) is 12.4 Å². The number of morpholine rings is 1. The molecule has 0 aliphatic carbocycles. The van der Waals surface area contributed by atoms with Crippen molar-refractivity contribution in [3.05, 3.63) is 41.7 Å². The summed E-state index contributed by atoms with van der Waals surface area (Å²) < 4.78 is 36.6. The van der Waals surface area contributed by atoms with Gasteiger partial charge in [0.15, 0.2) is 16.6 Å². The van der Waals surface area contributed by atoms with E-state index in [1.165, 1.54) is 38.7 Å². The largest absolute Gasteiger partial charge is 0.493 e. The fourth-order valence-corrected chi connectivity index (χ4v) is 4.73. The van der Waals surface area contributed by atoms with E-state index < -0.39 is 5.82 Å². The maximum Gasteiger partial charge on any atom is 0.260 e.